The van der Waals surface area contributed by atoms with Crippen LogP contribution >= 0.6 is 0 Å². The Labute approximate surface area is 198 Å². The fraction of sp³-hybridized carbons (Fsp3) is 0.462. The van der Waals surface area contributed by atoms with Crippen LogP contribution in [0.15, 0.2) is 48.5 Å². The molecule has 6 nitrogen and oxygen atoms in total. The van der Waals surface area contributed by atoms with E-state index in [1.54, 1.807) is 30.3 Å². The zero-order valence-corrected chi connectivity index (χ0v) is 19.1. The van der Waals surface area contributed by atoms with Gasteiger partial charge in [0.15, 0.2) is 0 Å². The number of halogens is 2. The third-order valence-electron chi connectivity index (χ3n) is 6.63. The molecule has 8 heteroatoms. The van der Waals surface area contributed by atoms with Gasteiger partial charge >= 0.3 is 6.61 Å². The van der Waals surface area contributed by atoms with Gasteiger partial charge in [-0.15, -0.1) is 0 Å². The fourth-order valence-electron chi connectivity index (χ4n) is 4.78. The van der Waals surface area contributed by atoms with Gasteiger partial charge in [-0.05, 0) is 62.1 Å². The molecule has 1 aliphatic heterocycles. The number of rotatable bonds is 7. The third-order valence-corrected chi connectivity index (χ3v) is 6.63. The first kappa shape index (κ1) is 24.0. The Kier molecular flexibility index (Phi) is 7.98. The van der Waals surface area contributed by atoms with E-state index in [1.165, 1.54) is 18.6 Å². The third kappa shape index (κ3) is 6.24. The van der Waals surface area contributed by atoms with Crippen molar-refractivity contribution in [2.75, 3.05) is 18.4 Å². The molecule has 182 valence electrons. The van der Waals surface area contributed by atoms with Gasteiger partial charge in [0, 0.05) is 30.7 Å². The number of benzene rings is 2. The first-order valence-corrected chi connectivity index (χ1v) is 12.0. The molecule has 1 saturated heterocycles. The van der Waals surface area contributed by atoms with E-state index in [0.717, 1.165) is 38.5 Å². The van der Waals surface area contributed by atoms with E-state index in [0.29, 0.717) is 30.0 Å². The lowest BCUT2D eigenvalue weighted by Crippen LogP contribution is -2.48. The molecule has 2 aromatic rings. The number of nitrogens with zero attached hydrogens (tertiary/aromatic N) is 1. The topological polar surface area (TPSA) is 70.7 Å². The van der Waals surface area contributed by atoms with Crippen LogP contribution in [0.5, 0.6) is 5.75 Å². The molecule has 0 unspecified atom stereocenters. The van der Waals surface area contributed by atoms with Crippen molar-refractivity contribution < 1.29 is 23.1 Å². The molecule has 1 saturated carbocycles. The molecule has 1 heterocycles. The maximum atomic E-state index is 13.0. The summed E-state index contributed by atoms with van der Waals surface area (Å²) in [6, 6.07) is 13.3. The van der Waals surface area contributed by atoms with Gasteiger partial charge in [0.05, 0.1) is 11.3 Å². The molecule has 2 amide bonds. The number of anilines is 2. The summed E-state index contributed by atoms with van der Waals surface area (Å²) in [7, 11) is 0. The molecule has 0 aromatic heterocycles. The van der Waals surface area contributed by atoms with Crippen molar-refractivity contribution in [2.24, 2.45) is 5.92 Å². The van der Waals surface area contributed by atoms with Gasteiger partial charge in [0.1, 0.15) is 5.75 Å². The summed E-state index contributed by atoms with van der Waals surface area (Å²) in [6.07, 6.45) is 7.00. The minimum Gasteiger partial charge on any atom is -0.435 e. The second kappa shape index (κ2) is 11.3. The maximum absolute atomic E-state index is 13.0. The Morgan fingerprint density at radius 3 is 2.26 bits per heavy atom. The fourth-order valence-corrected chi connectivity index (χ4v) is 4.78. The highest BCUT2D eigenvalue weighted by Gasteiger charge is 2.29. The minimum atomic E-state index is -2.87. The summed E-state index contributed by atoms with van der Waals surface area (Å²) in [5.74, 6) is 0.343. The van der Waals surface area contributed by atoms with Crippen molar-refractivity contribution in [3.05, 3.63) is 54.1 Å². The molecule has 34 heavy (non-hydrogen) atoms. The second-order valence-electron chi connectivity index (χ2n) is 8.98. The lowest BCUT2D eigenvalue weighted by Gasteiger charge is -2.35. The Balaban J connectivity index is 1.32. The van der Waals surface area contributed by atoms with Gasteiger partial charge in [-0.1, -0.05) is 31.4 Å². The number of likely N-dealkylation sites (tertiary alicyclic amines) is 1. The summed E-state index contributed by atoms with van der Waals surface area (Å²) < 4.78 is 29.1. The Bertz CT molecular complexity index is 970. The number of carbonyl (C=O) groups excluding carboxylic acids is 2. The zero-order chi connectivity index (χ0) is 23.9. The predicted molar refractivity (Wildman–Crippen MR) is 126 cm³/mol. The largest absolute Gasteiger partial charge is 0.435 e. The highest BCUT2D eigenvalue weighted by atomic mass is 19.3. The van der Waals surface area contributed by atoms with Gasteiger partial charge in [0.25, 0.3) is 5.91 Å². The zero-order valence-electron chi connectivity index (χ0n) is 19.1. The van der Waals surface area contributed by atoms with Crippen LogP contribution in [0, 0.1) is 5.92 Å². The highest BCUT2D eigenvalue weighted by molar-refractivity contribution is 6.00. The van der Waals surface area contributed by atoms with Crippen LogP contribution in [-0.4, -0.2) is 42.5 Å². The molecule has 0 radical (unpaired) electrons. The number of amides is 2. The van der Waals surface area contributed by atoms with Gasteiger partial charge < -0.3 is 20.3 Å². The van der Waals surface area contributed by atoms with Crippen LogP contribution in [-0.2, 0) is 4.79 Å². The van der Waals surface area contributed by atoms with Crippen LogP contribution in [0.2, 0.25) is 0 Å². The molecule has 0 bridgehead atoms. The molecule has 0 spiro atoms. The molecular weight excluding hydrogens is 440 g/mol. The number of hydrogen-bond acceptors (Lipinski definition) is 4. The molecule has 1 aliphatic carbocycles. The van der Waals surface area contributed by atoms with Gasteiger partial charge in [-0.2, -0.15) is 8.78 Å². The Hall–Kier alpha value is -3.16. The number of alkyl halides is 2. The number of nitrogens with one attached hydrogen (secondary N) is 2. The van der Waals surface area contributed by atoms with Gasteiger partial charge in [0.2, 0.25) is 5.91 Å². The number of hydrogen-bond donors (Lipinski definition) is 2. The second-order valence-corrected chi connectivity index (χ2v) is 8.98. The first-order valence-electron chi connectivity index (χ1n) is 12.0. The number of ether oxygens (including phenoxy) is 1. The van der Waals surface area contributed by atoms with Gasteiger partial charge in [-0.25, -0.2) is 0 Å². The van der Waals surface area contributed by atoms with Crippen LogP contribution < -0.4 is 15.4 Å². The van der Waals surface area contributed by atoms with E-state index < -0.39 is 6.61 Å². The lowest BCUT2D eigenvalue weighted by molar-refractivity contribution is -0.137. The van der Waals surface area contributed by atoms with E-state index in [-0.39, 0.29) is 29.5 Å². The van der Waals surface area contributed by atoms with E-state index in [1.807, 2.05) is 11.0 Å². The van der Waals surface area contributed by atoms with E-state index >= 15 is 0 Å². The molecule has 4 rings (SSSR count). The van der Waals surface area contributed by atoms with Crippen molar-refractivity contribution in [3.63, 3.8) is 0 Å². The molecule has 2 fully saturated rings. The van der Waals surface area contributed by atoms with E-state index in [2.05, 4.69) is 15.4 Å². The van der Waals surface area contributed by atoms with Gasteiger partial charge in [-0.3, -0.25) is 9.59 Å². The van der Waals surface area contributed by atoms with Crippen LogP contribution in [0.25, 0.3) is 0 Å². The number of carbonyl (C=O) groups is 2. The highest BCUT2D eigenvalue weighted by Crippen LogP contribution is 2.27. The monoisotopic (exact) mass is 471 g/mol. The normalized spacial score (nSPS) is 17.4. The van der Waals surface area contributed by atoms with Crippen LogP contribution in [0.1, 0.15) is 55.3 Å². The van der Waals surface area contributed by atoms with Crippen molar-refractivity contribution in [3.8, 4) is 5.75 Å². The number of para-hydroxylation sites is 1. The summed E-state index contributed by atoms with van der Waals surface area (Å²) in [5, 5.41) is 6.28. The predicted octanol–water partition coefficient (Wildman–Crippen LogP) is 5.33. The molecule has 2 N–H and O–H groups in total. The first-order chi connectivity index (χ1) is 16.5. The number of piperidine rings is 1. The van der Waals surface area contributed by atoms with Crippen molar-refractivity contribution in [2.45, 2.75) is 57.6 Å². The van der Waals surface area contributed by atoms with Crippen molar-refractivity contribution in [1.82, 2.24) is 10.2 Å². The van der Waals surface area contributed by atoms with Crippen LogP contribution in [0.4, 0.5) is 20.2 Å². The van der Waals surface area contributed by atoms with Crippen LogP contribution in [0.3, 0.4) is 0 Å². The maximum Gasteiger partial charge on any atom is 0.387 e. The molecule has 2 aromatic carbocycles. The minimum absolute atomic E-state index is 0.0155. The van der Waals surface area contributed by atoms with E-state index in [4.69, 9.17) is 0 Å². The smallest absolute Gasteiger partial charge is 0.387 e. The summed E-state index contributed by atoms with van der Waals surface area (Å²) in [4.78, 5) is 27.8. The summed E-state index contributed by atoms with van der Waals surface area (Å²) >= 11 is 0. The Morgan fingerprint density at radius 1 is 0.912 bits per heavy atom. The summed E-state index contributed by atoms with van der Waals surface area (Å²) in [5.41, 5.74) is 1.76. The van der Waals surface area contributed by atoms with Crippen molar-refractivity contribution >= 4 is 23.2 Å². The van der Waals surface area contributed by atoms with Crippen molar-refractivity contribution in [1.29, 1.82) is 0 Å². The SMILES string of the molecule is O=C(NC1CCN(C(=O)C2CCCCC2)CC1)c1ccccc1Nc1ccc(OC(F)F)cc1. The quantitative estimate of drug-likeness (QED) is 0.573. The standard InChI is InChI=1S/C26H31F2N3O3/c27-26(28)34-21-12-10-19(11-13-21)29-23-9-5-4-8-22(23)24(32)30-20-14-16-31(17-15-20)25(33)18-6-2-1-3-7-18/h4-5,8-13,18,20,26,29H,1-3,6-7,14-17H2,(H,30,32). The Morgan fingerprint density at radius 2 is 1.59 bits per heavy atom. The summed E-state index contributed by atoms with van der Waals surface area (Å²) in [6.45, 7) is -1.53. The molecule has 0 atom stereocenters. The lowest BCUT2D eigenvalue weighted by atomic mass is 9.87. The molecule has 2 aliphatic rings. The van der Waals surface area contributed by atoms with E-state index in [9.17, 15) is 18.4 Å². The average molecular weight is 472 g/mol. The molecular formula is C26H31F2N3O3. The average Bonchev–Trinajstić information content (AvgIpc) is 2.86.